The van der Waals surface area contributed by atoms with Crippen molar-refractivity contribution in [2.24, 2.45) is 5.84 Å². The van der Waals surface area contributed by atoms with E-state index in [0.29, 0.717) is 6.42 Å². The molecule has 0 amide bonds. The zero-order valence-corrected chi connectivity index (χ0v) is 10.4. The van der Waals surface area contributed by atoms with Crippen molar-refractivity contribution < 1.29 is 4.39 Å². The number of rotatable bonds is 4. The van der Waals surface area contributed by atoms with E-state index in [0.717, 1.165) is 11.1 Å². The van der Waals surface area contributed by atoms with Crippen LogP contribution in [-0.2, 0) is 6.42 Å². The van der Waals surface area contributed by atoms with Crippen LogP contribution in [-0.4, -0.2) is 4.98 Å². The predicted octanol–water partition coefficient (Wildman–Crippen LogP) is 2.62. The van der Waals surface area contributed by atoms with Crippen LogP contribution in [0.15, 0.2) is 42.7 Å². The molecule has 0 spiro atoms. The number of aromatic nitrogens is 1. The monoisotopic (exact) mass is 265 g/mol. The van der Waals surface area contributed by atoms with E-state index in [1.165, 1.54) is 6.07 Å². The van der Waals surface area contributed by atoms with Gasteiger partial charge in [-0.3, -0.25) is 16.3 Å². The number of benzene rings is 1. The summed E-state index contributed by atoms with van der Waals surface area (Å²) in [6.07, 6.45) is 4.04. The summed E-state index contributed by atoms with van der Waals surface area (Å²) in [6.45, 7) is 0. The van der Waals surface area contributed by atoms with Crippen molar-refractivity contribution in [2.45, 2.75) is 12.5 Å². The largest absolute Gasteiger partial charge is 0.271 e. The molecule has 0 aliphatic rings. The predicted molar refractivity (Wildman–Crippen MR) is 69.4 cm³/mol. The van der Waals surface area contributed by atoms with E-state index >= 15 is 0 Å². The molecule has 3 N–H and O–H groups in total. The SMILES string of the molecule is NNC(Cc1ccc(F)c(Cl)c1)c1ccncc1. The summed E-state index contributed by atoms with van der Waals surface area (Å²) in [5.74, 6) is 5.13. The maximum atomic E-state index is 13.1. The lowest BCUT2D eigenvalue weighted by molar-refractivity contribution is 0.550. The standard InChI is InChI=1S/C13H13ClFN3/c14-11-7-9(1-2-12(11)15)8-13(18-16)10-3-5-17-6-4-10/h1-7,13,18H,8,16H2. The van der Waals surface area contributed by atoms with Crippen LogP contribution < -0.4 is 11.3 Å². The molecule has 1 aromatic heterocycles. The van der Waals surface area contributed by atoms with Crippen molar-refractivity contribution in [3.63, 3.8) is 0 Å². The molecule has 5 heteroatoms. The van der Waals surface area contributed by atoms with Gasteiger partial charge in [0.15, 0.2) is 0 Å². The molecule has 1 heterocycles. The van der Waals surface area contributed by atoms with Crippen molar-refractivity contribution in [3.8, 4) is 0 Å². The smallest absolute Gasteiger partial charge is 0.141 e. The molecular formula is C13H13ClFN3. The van der Waals surface area contributed by atoms with Crippen LogP contribution in [0.2, 0.25) is 5.02 Å². The van der Waals surface area contributed by atoms with E-state index in [9.17, 15) is 4.39 Å². The van der Waals surface area contributed by atoms with Crippen LogP contribution in [0, 0.1) is 5.82 Å². The molecule has 1 atom stereocenters. The highest BCUT2D eigenvalue weighted by molar-refractivity contribution is 6.30. The highest BCUT2D eigenvalue weighted by Gasteiger charge is 2.11. The molecule has 1 aromatic carbocycles. The van der Waals surface area contributed by atoms with Crippen molar-refractivity contribution >= 4 is 11.6 Å². The van der Waals surface area contributed by atoms with Gasteiger partial charge in [-0.1, -0.05) is 17.7 Å². The first-order valence-corrected chi connectivity index (χ1v) is 5.88. The molecule has 0 saturated heterocycles. The molecule has 1 unspecified atom stereocenters. The molecule has 0 bridgehead atoms. The fourth-order valence-electron chi connectivity index (χ4n) is 1.77. The minimum Gasteiger partial charge on any atom is -0.271 e. The van der Waals surface area contributed by atoms with E-state index in [1.54, 1.807) is 24.5 Å². The number of hydrazine groups is 1. The average molecular weight is 266 g/mol. The third kappa shape index (κ3) is 3.04. The van der Waals surface area contributed by atoms with E-state index in [4.69, 9.17) is 17.4 Å². The lowest BCUT2D eigenvalue weighted by Crippen LogP contribution is -2.29. The van der Waals surface area contributed by atoms with Gasteiger partial charge in [0.05, 0.1) is 11.1 Å². The molecule has 0 saturated carbocycles. The highest BCUT2D eigenvalue weighted by atomic mass is 35.5. The fourth-order valence-corrected chi connectivity index (χ4v) is 1.97. The number of hydrogen-bond donors (Lipinski definition) is 2. The molecule has 3 nitrogen and oxygen atoms in total. The summed E-state index contributed by atoms with van der Waals surface area (Å²) >= 11 is 5.75. The summed E-state index contributed by atoms with van der Waals surface area (Å²) in [4.78, 5) is 3.96. The second-order valence-corrected chi connectivity index (χ2v) is 4.36. The number of hydrogen-bond acceptors (Lipinski definition) is 3. The van der Waals surface area contributed by atoms with Crippen LogP contribution in [0.4, 0.5) is 4.39 Å². The van der Waals surface area contributed by atoms with E-state index in [1.807, 2.05) is 12.1 Å². The van der Waals surface area contributed by atoms with Gasteiger partial charge in [0.2, 0.25) is 0 Å². The zero-order valence-electron chi connectivity index (χ0n) is 9.61. The summed E-state index contributed by atoms with van der Waals surface area (Å²) in [5.41, 5.74) is 4.68. The average Bonchev–Trinajstić information content (AvgIpc) is 2.41. The normalized spacial score (nSPS) is 12.4. The Morgan fingerprint density at radius 1 is 1.28 bits per heavy atom. The molecule has 94 valence electrons. The molecule has 2 rings (SSSR count). The highest BCUT2D eigenvalue weighted by Crippen LogP contribution is 2.21. The van der Waals surface area contributed by atoms with Crippen LogP contribution in [0.5, 0.6) is 0 Å². The maximum Gasteiger partial charge on any atom is 0.141 e. The summed E-state index contributed by atoms with van der Waals surface area (Å²) in [5, 5.41) is 0.123. The van der Waals surface area contributed by atoms with Gasteiger partial charge in [-0.25, -0.2) is 4.39 Å². The first-order valence-electron chi connectivity index (χ1n) is 5.50. The molecular weight excluding hydrogens is 253 g/mol. The van der Waals surface area contributed by atoms with Gasteiger partial charge in [0.1, 0.15) is 5.82 Å². The molecule has 0 aliphatic carbocycles. The lowest BCUT2D eigenvalue weighted by Gasteiger charge is -2.16. The van der Waals surface area contributed by atoms with Gasteiger partial charge in [-0.05, 0) is 41.8 Å². The van der Waals surface area contributed by atoms with Gasteiger partial charge in [0.25, 0.3) is 0 Å². The van der Waals surface area contributed by atoms with Crippen LogP contribution in [0.25, 0.3) is 0 Å². The Morgan fingerprint density at radius 3 is 2.61 bits per heavy atom. The molecule has 0 fully saturated rings. The number of pyridine rings is 1. The summed E-state index contributed by atoms with van der Waals surface area (Å²) in [7, 11) is 0. The van der Waals surface area contributed by atoms with E-state index < -0.39 is 5.82 Å². The Hall–Kier alpha value is -1.49. The Labute approximate surface area is 110 Å². The quantitative estimate of drug-likeness (QED) is 0.660. The third-order valence-corrected chi connectivity index (χ3v) is 3.02. The van der Waals surface area contributed by atoms with Crippen molar-refractivity contribution in [2.75, 3.05) is 0 Å². The topological polar surface area (TPSA) is 50.9 Å². The summed E-state index contributed by atoms with van der Waals surface area (Å²) in [6, 6.07) is 8.38. The minimum atomic E-state index is -0.415. The maximum absolute atomic E-state index is 13.1. The van der Waals surface area contributed by atoms with E-state index in [2.05, 4.69) is 10.4 Å². The number of nitrogens with zero attached hydrogens (tertiary/aromatic N) is 1. The number of halogens is 2. The Morgan fingerprint density at radius 2 is 2.00 bits per heavy atom. The molecule has 0 aliphatic heterocycles. The van der Waals surface area contributed by atoms with Gasteiger partial charge in [0, 0.05) is 12.4 Å². The zero-order chi connectivity index (χ0) is 13.0. The van der Waals surface area contributed by atoms with Gasteiger partial charge in [-0.15, -0.1) is 0 Å². The first-order chi connectivity index (χ1) is 8.70. The van der Waals surface area contributed by atoms with E-state index in [-0.39, 0.29) is 11.1 Å². The lowest BCUT2D eigenvalue weighted by atomic mass is 10.0. The second-order valence-electron chi connectivity index (χ2n) is 3.95. The number of nitrogens with two attached hydrogens (primary N) is 1. The van der Waals surface area contributed by atoms with Crippen molar-refractivity contribution in [3.05, 3.63) is 64.7 Å². The second kappa shape index (κ2) is 5.91. The fraction of sp³-hybridized carbons (Fsp3) is 0.154. The van der Waals surface area contributed by atoms with Crippen molar-refractivity contribution in [1.29, 1.82) is 0 Å². The van der Waals surface area contributed by atoms with Gasteiger partial charge in [-0.2, -0.15) is 0 Å². The minimum absolute atomic E-state index is 0.0606. The summed E-state index contributed by atoms with van der Waals surface area (Å²) < 4.78 is 13.1. The number of nitrogens with one attached hydrogen (secondary N) is 1. The van der Waals surface area contributed by atoms with Crippen LogP contribution in [0.1, 0.15) is 17.2 Å². The molecule has 18 heavy (non-hydrogen) atoms. The Balaban J connectivity index is 2.18. The van der Waals surface area contributed by atoms with Crippen LogP contribution >= 0.6 is 11.6 Å². The Kier molecular flexibility index (Phi) is 4.25. The first kappa shape index (κ1) is 13.0. The molecule has 0 radical (unpaired) electrons. The van der Waals surface area contributed by atoms with Gasteiger partial charge < -0.3 is 0 Å². The van der Waals surface area contributed by atoms with Gasteiger partial charge >= 0.3 is 0 Å². The third-order valence-electron chi connectivity index (χ3n) is 2.73. The Bertz CT molecular complexity index is 519. The van der Waals surface area contributed by atoms with Crippen molar-refractivity contribution in [1.82, 2.24) is 10.4 Å². The van der Waals surface area contributed by atoms with Crippen LogP contribution in [0.3, 0.4) is 0 Å². The molecule has 2 aromatic rings.